The summed E-state index contributed by atoms with van der Waals surface area (Å²) < 4.78 is 6.67. The Morgan fingerprint density at radius 2 is 1.86 bits per heavy atom. The Bertz CT molecular complexity index is 1000. The van der Waals surface area contributed by atoms with Crippen LogP contribution in [0.5, 0.6) is 0 Å². The van der Waals surface area contributed by atoms with Crippen LogP contribution in [0.3, 0.4) is 0 Å². The Labute approximate surface area is 220 Å². The number of rotatable bonds is 11. The van der Waals surface area contributed by atoms with E-state index in [9.17, 15) is 19.5 Å². The molecule has 7 atom stereocenters. The van der Waals surface area contributed by atoms with E-state index in [1.807, 2.05) is 58.0 Å². The molecule has 0 aromatic heterocycles. The third-order valence-corrected chi connectivity index (χ3v) is 8.51. The maximum absolute atomic E-state index is 14.2. The van der Waals surface area contributed by atoms with Gasteiger partial charge in [0.05, 0.1) is 30.1 Å². The molecule has 3 unspecified atom stereocenters. The average Bonchev–Trinajstić information content (AvgIpc) is 3.42. The van der Waals surface area contributed by atoms with Gasteiger partial charge in [-0.25, -0.2) is 0 Å². The van der Waals surface area contributed by atoms with Crippen LogP contribution in [0.1, 0.15) is 72.3 Å². The second-order valence-electron chi connectivity index (χ2n) is 11.8. The quantitative estimate of drug-likeness (QED) is 0.422. The van der Waals surface area contributed by atoms with Crippen molar-refractivity contribution in [3.63, 3.8) is 0 Å². The van der Waals surface area contributed by atoms with E-state index in [1.165, 1.54) is 0 Å². The molecule has 204 valence electrons. The van der Waals surface area contributed by atoms with Crippen molar-refractivity contribution >= 4 is 17.7 Å². The van der Waals surface area contributed by atoms with Crippen LogP contribution in [0.15, 0.2) is 30.3 Å². The molecule has 3 aliphatic heterocycles. The number of carbonyl (C=O) groups excluding carboxylic acids is 3. The lowest BCUT2D eigenvalue weighted by Crippen LogP contribution is -2.59. The fourth-order valence-corrected chi connectivity index (χ4v) is 7.00. The number of fused-ring (bicyclic) bond motifs is 1. The van der Waals surface area contributed by atoms with Crippen LogP contribution >= 0.6 is 0 Å². The van der Waals surface area contributed by atoms with Gasteiger partial charge in [-0.3, -0.25) is 14.4 Å². The zero-order valence-corrected chi connectivity index (χ0v) is 22.8. The van der Waals surface area contributed by atoms with Crippen molar-refractivity contribution in [2.24, 2.45) is 17.8 Å². The van der Waals surface area contributed by atoms with E-state index in [0.29, 0.717) is 25.8 Å². The van der Waals surface area contributed by atoms with Crippen molar-refractivity contribution in [2.75, 3.05) is 6.61 Å². The fraction of sp³-hybridized carbons (Fsp3) is 0.690. The maximum atomic E-state index is 14.2. The molecule has 37 heavy (non-hydrogen) atoms. The topological polar surface area (TPSA) is 108 Å². The van der Waals surface area contributed by atoms with Gasteiger partial charge in [0, 0.05) is 12.6 Å². The Balaban J connectivity index is 1.68. The highest BCUT2D eigenvalue weighted by molar-refractivity contribution is 5.99. The highest BCUT2D eigenvalue weighted by atomic mass is 16.5. The first-order chi connectivity index (χ1) is 17.6. The second kappa shape index (κ2) is 10.7. The Hall–Kier alpha value is -2.45. The molecule has 2 bridgehead atoms. The predicted molar refractivity (Wildman–Crippen MR) is 140 cm³/mol. The first-order valence-corrected chi connectivity index (χ1v) is 13.8. The summed E-state index contributed by atoms with van der Waals surface area (Å²) in [5, 5.41) is 16.5. The van der Waals surface area contributed by atoms with E-state index in [-0.39, 0.29) is 36.3 Å². The number of carbonyl (C=O) groups is 3. The zero-order valence-electron chi connectivity index (χ0n) is 22.8. The number of nitrogens with zero attached hydrogens (tertiary/aromatic N) is 1. The third-order valence-electron chi connectivity index (χ3n) is 8.51. The van der Waals surface area contributed by atoms with Gasteiger partial charge in [-0.1, -0.05) is 57.5 Å². The molecule has 3 N–H and O–H groups in total. The highest BCUT2D eigenvalue weighted by Crippen LogP contribution is 2.63. The van der Waals surface area contributed by atoms with Gasteiger partial charge in [0.1, 0.15) is 11.6 Å². The molecule has 3 heterocycles. The number of amides is 3. The summed E-state index contributed by atoms with van der Waals surface area (Å²) >= 11 is 0. The first-order valence-electron chi connectivity index (χ1n) is 13.8. The maximum Gasteiger partial charge on any atom is 0.246 e. The normalized spacial score (nSPS) is 31.9. The molecule has 1 aromatic rings. The Morgan fingerprint density at radius 1 is 1.16 bits per heavy atom. The molecule has 1 spiro atoms. The summed E-state index contributed by atoms with van der Waals surface area (Å²) in [5.74, 6) is -1.99. The number of hydrogen-bond acceptors (Lipinski definition) is 5. The molecular weight excluding hydrogens is 470 g/mol. The SMILES string of the molecule is CCCC(C)NC(=O)C1N([C@@H](CO)CC(C)C)C(=O)[C@@H]2[C@H](C(=O)NCc3ccccc3)[C@]3(C)CCC12O3. The standard InChI is InChI=1S/C29H43N3O5/c1-6-10-19(4)31-26(35)24-29-14-13-28(5,37-29)22(25(34)30-16-20-11-8-7-9-12-20)23(29)27(36)32(24)21(17-33)15-18(2)3/h7-9,11-12,18-19,21-24,33H,6,10,13-17H2,1-5H3,(H,30,34)(H,31,35)/t19?,21-,22-,23+,24?,28+,29?/m1/s1. The van der Waals surface area contributed by atoms with Gasteiger partial charge >= 0.3 is 0 Å². The number of aliphatic hydroxyl groups is 1. The average molecular weight is 514 g/mol. The van der Waals surface area contributed by atoms with Crippen molar-refractivity contribution in [2.45, 2.75) is 103 Å². The summed E-state index contributed by atoms with van der Waals surface area (Å²) in [6, 6.07) is 8.20. The lowest BCUT2D eigenvalue weighted by Gasteiger charge is -2.38. The smallest absolute Gasteiger partial charge is 0.246 e. The lowest BCUT2D eigenvalue weighted by molar-refractivity contribution is -0.150. The number of aliphatic hydroxyl groups excluding tert-OH is 1. The van der Waals surface area contributed by atoms with Gasteiger partial charge in [-0.05, 0) is 51.0 Å². The number of hydrogen-bond donors (Lipinski definition) is 3. The van der Waals surface area contributed by atoms with Crippen LogP contribution in [0, 0.1) is 17.8 Å². The van der Waals surface area contributed by atoms with Gasteiger partial charge in [0.15, 0.2) is 0 Å². The van der Waals surface area contributed by atoms with Crippen molar-refractivity contribution in [3.05, 3.63) is 35.9 Å². The molecule has 3 fully saturated rings. The summed E-state index contributed by atoms with van der Waals surface area (Å²) in [5.41, 5.74) is -0.937. The van der Waals surface area contributed by atoms with E-state index in [0.717, 1.165) is 18.4 Å². The first kappa shape index (κ1) is 27.6. The molecular formula is C29H43N3O5. The zero-order chi connectivity index (χ0) is 27.0. The van der Waals surface area contributed by atoms with Gasteiger partial charge in [0.2, 0.25) is 17.7 Å². The van der Waals surface area contributed by atoms with Gasteiger partial charge < -0.3 is 25.4 Å². The molecule has 0 radical (unpaired) electrons. The van der Waals surface area contributed by atoms with E-state index in [2.05, 4.69) is 17.6 Å². The molecule has 3 saturated heterocycles. The van der Waals surface area contributed by atoms with Crippen molar-refractivity contribution in [1.29, 1.82) is 0 Å². The Kier molecular flexibility index (Phi) is 8.00. The van der Waals surface area contributed by atoms with Gasteiger partial charge in [-0.15, -0.1) is 0 Å². The van der Waals surface area contributed by atoms with Crippen LogP contribution in [0.4, 0.5) is 0 Å². The van der Waals surface area contributed by atoms with E-state index in [1.54, 1.807) is 4.90 Å². The Morgan fingerprint density at radius 3 is 2.49 bits per heavy atom. The van der Waals surface area contributed by atoms with Gasteiger partial charge in [-0.2, -0.15) is 0 Å². The van der Waals surface area contributed by atoms with Crippen LogP contribution in [-0.2, 0) is 25.7 Å². The molecule has 8 nitrogen and oxygen atoms in total. The molecule has 3 aliphatic rings. The summed E-state index contributed by atoms with van der Waals surface area (Å²) in [6.45, 7) is 10.1. The number of ether oxygens (including phenoxy) is 1. The van der Waals surface area contributed by atoms with Gasteiger partial charge in [0.25, 0.3) is 0 Å². The molecule has 8 heteroatoms. The molecule has 0 aliphatic carbocycles. The number of likely N-dealkylation sites (tertiary alicyclic amines) is 1. The van der Waals surface area contributed by atoms with Crippen LogP contribution in [-0.4, -0.2) is 63.7 Å². The summed E-state index contributed by atoms with van der Waals surface area (Å²) in [6.07, 6.45) is 3.42. The minimum Gasteiger partial charge on any atom is -0.394 e. The molecule has 4 rings (SSSR count). The minimum absolute atomic E-state index is 0.0539. The molecule has 3 amide bonds. The molecule has 0 saturated carbocycles. The third kappa shape index (κ3) is 4.90. The fourth-order valence-electron chi connectivity index (χ4n) is 7.00. The van der Waals surface area contributed by atoms with E-state index >= 15 is 0 Å². The largest absolute Gasteiger partial charge is 0.394 e. The summed E-state index contributed by atoms with van der Waals surface area (Å²) in [4.78, 5) is 43.2. The highest BCUT2D eigenvalue weighted by Gasteiger charge is 2.78. The van der Waals surface area contributed by atoms with Crippen LogP contribution in [0.25, 0.3) is 0 Å². The van der Waals surface area contributed by atoms with E-state index < -0.39 is 35.1 Å². The van der Waals surface area contributed by atoms with Crippen molar-refractivity contribution in [1.82, 2.24) is 15.5 Å². The van der Waals surface area contributed by atoms with E-state index in [4.69, 9.17) is 4.74 Å². The summed E-state index contributed by atoms with van der Waals surface area (Å²) in [7, 11) is 0. The van der Waals surface area contributed by atoms with Crippen molar-refractivity contribution < 1.29 is 24.2 Å². The van der Waals surface area contributed by atoms with Crippen molar-refractivity contribution in [3.8, 4) is 0 Å². The molecule has 1 aromatic carbocycles. The van der Waals surface area contributed by atoms with Crippen LogP contribution < -0.4 is 10.6 Å². The number of benzene rings is 1. The lowest BCUT2D eigenvalue weighted by atomic mass is 9.66. The monoisotopic (exact) mass is 513 g/mol. The minimum atomic E-state index is -1.08. The number of nitrogens with one attached hydrogen (secondary N) is 2. The second-order valence-corrected chi connectivity index (χ2v) is 11.8. The van der Waals surface area contributed by atoms with Crippen LogP contribution in [0.2, 0.25) is 0 Å². The predicted octanol–water partition coefficient (Wildman–Crippen LogP) is 2.78.